The number of carbonyl (C=O) groups excluding carboxylic acids is 1. The summed E-state index contributed by atoms with van der Waals surface area (Å²) in [6.45, 7) is 4.11. The van der Waals surface area contributed by atoms with Gasteiger partial charge in [0.15, 0.2) is 5.69 Å². The van der Waals surface area contributed by atoms with Crippen LogP contribution in [0.1, 0.15) is 54.4 Å². The number of hydrogen-bond acceptors (Lipinski definition) is 3. The molecule has 28 heavy (non-hydrogen) atoms. The number of nitrogens with zero attached hydrogens (tertiary/aromatic N) is 3. The highest BCUT2D eigenvalue weighted by Gasteiger charge is 2.31. The Hall–Kier alpha value is -2.64. The Kier molecular flexibility index (Phi) is 5.58. The van der Waals surface area contributed by atoms with Gasteiger partial charge >= 0.3 is 6.18 Å². The summed E-state index contributed by atoms with van der Waals surface area (Å²) >= 11 is 0. The molecule has 1 aromatic carbocycles. The maximum absolute atomic E-state index is 13.0. The van der Waals surface area contributed by atoms with E-state index in [1.807, 2.05) is 6.92 Å². The summed E-state index contributed by atoms with van der Waals surface area (Å²) in [5, 5.41) is 4.15. The molecule has 0 spiro atoms. The number of halogens is 3. The summed E-state index contributed by atoms with van der Waals surface area (Å²) in [4.78, 5) is 27.1. The number of benzene rings is 1. The SMILES string of the molecule is CCC1CCCCN1C(=O)c1nn(-c2cccc(C(F)(F)F)c2)c(C)cc1=O. The average molecular weight is 393 g/mol. The smallest absolute Gasteiger partial charge is 0.334 e. The van der Waals surface area contributed by atoms with Gasteiger partial charge in [0.2, 0.25) is 5.43 Å². The van der Waals surface area contributed by atoms with Gasteiger partial charge in [-0.05, 0) is 50.8 Å². The van der Waals surface area contributed by atoms with Crippen LogP contribution in [0.25, 0.3) is 5.69 Å². The van der Waals surface area contributed by atoms with Crippen LogP contribution in [0.3, 0.4) is 0 Å². The van der Waals surface area contributed by atoms with Gasteiger partial charge in [0, 0.05) is 24.3 Å². The molecular formula is C20H22F3N3O2. The van der Waals surface area contributed by atoms with Gasteiger partial charge < -0.3 is 4.90 Å². The fraction of sp³-hybridized carbons (Fsp3) is 0.450. The second kappa shape index (κ2) is 7.77. The lowest BCUT2D eigenvalue weighted by molar-refractivity contribution is -0.137. The quantitative estimate of drug-likeness (QED) is 0.793. The third-order valence-electron chi connectivity index (χ3n) is 5.09. The summed E-state index contributed by atoms with van der Waals surface area (Å²) in [5.74, 6) is -0.461. The van der Waals surface area contributed by atoms with E-state index >= 15 is 0 Å². The van der Waals surface area contributed by atoms with Crippen LogP contribution in [0, 0.1) is 6.92 Å². The summed E-state index contributed by atoms with van der Waals surface area (Å²) in [7, 11) is 0. The van der Waals surface area contributed by atoms with E-state index in [0.717, 1.165) is 37.8 Å². The van der Waals surface area contributed by atoms with Crippen molar-refractivity contribution in [2.24, 2.45) is 0 Å². The van der Waals surface area contributed by atoms with Crippen LogP contribution in [-0.2, 0) is 6.18 Å². The molecule has 3 rings (SSSR count). The van der Waals surface area contributed by atoms with Crippen LogP contribution in [0.5, 0.6) is 0 Å². The summed E-state index contributed by atoms with van der Waals surface area (Å²) in [5.41, 5.74) is -1.10. The molecular weight excluding hydrogens is 371 g/mol. The maximum atomic E-state index is 13.0. The number of likely N-dealkylation sites (tertiary alicyclic amines) is 1. The Morgan fingerprint density at radius 2 is 2.00 bits per heavy atom. The second-order valence-corrected chi connectivity index (χ2v) is 7.01. The van der Waals surface area contributed by atoms with Crippen molar-refractivity contribution in [2.45, 2.75) is 51.7 Å². The molecule has 2 heterocycles. The van der Waals surface area contributed by atoms with Crippen LogP contribution in [-0.4, -0.2) is 33.2 Å². The number of hydrogen-bond donors (Lipinski definition) is 0. The molecule has 1 atom stereocenters. The first kappa shape index (κ1) is 20.1. The van der Waals surface area contributed by atoms with Gasteiger partial charge in [-0.3, -0.25) is 9.59 Å². The standard InChI is InChI=1S/C20H22F3N3O2/c1-3-15-8-4-5-10-25(15)19(28)18-17(27)11-13(2)26(24-18)16-9-6-7-14(12-16)20(21,22)23/h6-7,9,11-12,15H,3-5,8,10H2,1-2H3. The highest BCUT2D eigenvalue weighted by atomic mass is 19.4. The van der Waals surface area contributed by atoms with E-state index in [2.05, 4.69) is 5.10 Å². The van der Waals surface area contributed by atoms with Crippen molar-refractivity contribution in [2.75, 3.05) is 6.54 Å². The van der Waals surface area contributed by atoms with E-state index in [1.165, 1.54) is 22.9 Å². The van der Waals surface area contributed by atoms with E-state index in [1.54, 1.807) is 11.8 Å². The Bertz CT molecular complexity index is 937. The monoisotopic (exact) mass is 393 g/mol. The molecule has 5 nitrogen and oxygen atoms in total. The Morgan fingerprint density at radius 1 is 1.25 bits per heavy atom. The molecule has 1 unspecified atom stereocenters. The number of alkyl halides is 3. The van der Waals surface area contributed by atoms with Crippen LogP contribution in [0.2, 0.25) is 0 Å². The average Bonchev–Trinajstić information content (AvgIpc) is 2.67. The van der Waals surface area contributed by atoms with Crippen LogP contribution >= 0.6 is 0 Å². The molecule has 1 aliphatic rings. The maximum Gasteiger partial charge on any atom is 0.416 e. The third kappa shape index (κ3) is 3.95. The van der Waals surface area contributed by atoms with Crippen molar-refractivity contribution in [3.05, 3.63) is 57.5 Å². The van der Waals surface area contributed by atoms with Gasteiger partial charge in [0.05, 0.1) is 11.3 Å². The molecule has 2 aromatic rings. The van der Waals surface area contributed by atoms with E-state index in [-0.39, 0.29) is 17.4 Å². The van der Waals surface area contributed by atoms with Gasteiger partial charge in [-0.15, -0.1) is 0 Å². The molecule has 8 heteroatoms. The number of carbonyl (C=O) groups is 1. The first-order chi connectivity index (χ1) is 13.2. The van der Waals surface area contributed by atoms with Crippen molar-refractivity contribution in [1.82, 2.24) is 14.7 Å². The third-order valence-corrected chi connectivity index (χ3v) is 5.09. The minimum Gasteiger partial charge on any atom is -0.334 e. The van der Waals surface area contributed by atoms with E-state index in [4.69, 9.17) is 0 Å². The van der Waals surface area contributed by atoms with Crippen LogP contribution < -0.4 is 5.43 Å². The van der Waals surface area contributed by atoms with Crippen molar-refractivity contribution in [3.8, 4) is 5.69 Å². The minimum atomic E-state index is -4.50. The summed E-state index contributed by atoms with van der Waals surface area (Å²) in [6, 6.07) is 5.94. The Labute approximate surface area is 160 Å². The fourth-order valence-corrected chi connectivity index (χ4v) is 3.60. The van der Waals surface area contributed by atoms with Crippen molar-refractivity contribution in [3.63, 3.8) is 0 Å². The molecule has 1 saturated heterocycles. The molecule has 0 bridgehead atoms. The number of rotatable bonds is 3. The predicted molar refractivity (Wildman–Crippen MR) is 98.5 cm³/mol. The first-order valence-corrected chi connectivity index (χ1v) is 9.32. The van der Waals surface area contributed by atoms with Crippen molar-refractivity contribution >= 4 is 5.91 Å². The predicted octanol–water partition coefficient (Wildman–Crippen LogP) is 3.96. The molecule has 1 amide bonds. The molecule has 0 saturated carbocycles. The normalized spacial score (nSPS) is 17.6. The van der Waals surface area contributed by atoms with Crippen molar-refractivity contribution < 1.29 is 18.0 Å². The second-order valence-electron chi connectivity index (χ2n) is 7.01. The molecule has 1 aliphatic heterocycles. The molecule has 1 aromatic heterocycles. The number of aryl methyl sites for hydroxylation is 1. The van der Waals surface area contributed by atoms with Gasteiger partial charge in [-0.25, -0.2) is 4.68 Å². The van der Waals surface area contributed by atoms with Crippen molar-refractivity contribution in [1.29, 1.82) is 0 Å². The fourth-order valence-electron chi connectivity index (χ4n) is 3.60. The van der Waals surface area contributed by atoms with Gasteiger partial charge in [0.25, 0.3) is 5.91 Å². The van der Waals surface area contributed by atoms with Gasteiger partial charge in [-0.2, -0.15) is 18.3 Å². The highest BCUT2D eigenvalue weighted by molar-refractivity contribution is 5.92. The number of aromatic nitrogens is 2. The highest BCUT2D eigenvalue weighted by Crippen LogP contribution is 2.30. The Morgan fingerprint density at radius 3 is 2.68 bits per heavy atom. The molecule has 0 N–H and O–H groups in total. The number of amides is 1. The van der Waals surface area contributed by atoms with Gasteiger partial charge in [-0.1, -0.05) is 13.0 Å². The largest absolute Gasteiger partial charge is 0.416 e. The summed E-state index contributed by atoms with van der Waals surface area (Å²) in [6.07, 6.45) is -0.965. The molecule has 0 radical (unpaired) electrons. The molecule has 0 aliphatic carbocycles. The lowest BCUT2D eigenvalue weighted by Crippen LogP contribution is -2.45. The van der Waals surface area contributed by atoms with E-state index in [0.29, 0.717) is 12.2 Å². The van der Waals surface area contributed by atoms with Crippen LogP contribution in [0.15, 0.2) is 35.1 Å². The van der Waals surface area contributed by atoms with Crippen LogP contribution in [0.4, 0.5) is 13.2 Å². The minimum absolute atomic E-state index is 0.0470. The lowest BCUT2D eigenvalue weighted by Gasteiger charge is -2.34. The Balaban J connectivity index is 2.04. The topological polar surface area (TPSA) is 55.2 Å². The van der Waals surface area contributed by atoms with E-state index in [9.17, 15) is 22.8 Å². The number of piperidine rings is 1. The summed E-state index contributed by atoms with van der Waals surface area (Å²) < 4.78 is 40.3. The zero-order valence-electron chi connectivity index (χ0n) is 15.8. The lowest BCUT2D eigenvalue weighted by atomic mass is 9.99. The van der Waals surface area contributed by atoms with E-state index < -0.39 is 23.1 Å². The zero-order chi connectivity index (χ0) is 20.5. The molecule has 150 valence electrons. The molecule has 1 fully saturated rings. The van der Waals surface area contributed by atoms with Gasteiger partial charge in [0.1, 0.15) is 0 Å². The first-order valence-electron chi connectivity index (χ1n) is 9.32. The zero-order valence-corrected chi connectivity index (χ0v) is 15.8.